The molecule has 3 rings (SSSR count). The van der Waals surface area contributed by atoms with E-state index in [1.54, 1.807) is 0 Å². The van der Waals surface area contributed by atoms with Gasteiger partial charge in [0.15, 0.2) is 5.15 Å². The van der Waals surface area contributed by atoms with E-state index in [1.807, 2.05) is 6.20 Å². The molecule has 0 unspecified atom stereocenters. The van der Waals surface area contributed by atoms with Crippen molar-refractivity contribution in [2.45, 2.75) is 65.5 Å². The number of nitrogens with zero attached hydrogens (tertiary/aromatic N) is 4. The van der Waals surface area contributed by atoms with Crippen molar-refractivity contribution in [2.75, 3.05) is 6.54 Å². The van der Waals surface area contributed by atoms with Crippen molar-refractivity contribution >= 4 is 11.6 Å². The van der Waals surface area contributed by atoms with Crippen molar-refractivity contribution < 1.29 is 0 Å². The van der Waals surface area contributed by atoms with Crippen LogP contribution in [0.1, 0.15) is 68.1 Å². The number of imidazole rings is 1. The van der Waals surface area contributed by atoms with Crippen molar-refractivity contribution in [1.29, 1.82) is 0 Å². The number of hydrogen-bond acceptors (Lipinski definition) is 4. The van der Waals surface area contributed by atoms with Crippen LogP contribution in [0.2, 0.25) is 5.15 Å². The summed E-state index contributed by atoms with van der Waals surface area (Å²) in [7, 11) is 0. The Labute approximate surface area is 148 Å². The van der Waals surface area contributed by atoms with Crippen LogP contribution >= 0.6 is 11.6 Å². The van der Waals surface area contributed by atoms with Gasteiger partial charge in [0, 0.05) is 55.8 Å². The number of rotatable bonds is 6. The second-order valence-corrected chi connectivity index (χ2v) is 7.23. The fourth-order valence-corrected chi connectivity index (χ4v) is 3.24. The van der Waals surface area contributed by atoms with Crippen LogP contribution < -0.4 is 0 Å². The lowest BCUT2D eigenvalue weighted by Crippen LogP contribution is -2.31. The number of aromatic nitrogens is 4. The maximum Gasteiger partial charge on any atom is 0.151 e. The third-order valence-corrected chi connectivity index (χ3v) is 4.79. The summed E-state index contributed by atoms with van der Waals surface area (Å²) in [5.41, 5.74) is 3.45. The molecule has 0 radical (unpaired) electrons. The molecule has 24 heavy (non-hydrogen) atoms. The first-order chi connectivity index (χ1) is 11.6. The van der Waals surface area contributed by atoms with Gasteiger partial charge >= 0.3 is 0 Å². The van der Waals surface area contributed by atoms with E-state index >= 15 is 0 Å². The lowest BCUT2D eigenvalue weighted by molar-refractivity contribution is 0.240. The fourth-order valence-electron chi connectivity index (χ4n) is 3.03. The number of unbranched alkanes of at least 4 members (excludes halogenated alkanes) is 1. The monoisotopic (exact) mass is 347 g/mol. The number of aryl methyl sites for hydroxylation is 1. The molecule has 1 N–H and O–H groups in total. The standard InChI is InChI=1S/C18H26ClN5/c1-4-5-6-16-21-15(17(19)23-16)11-24-8-7-14-13(10-24)9-20-18(22-14)12(2)3/h9,12H,4-8,10-11H2,1-3H3,(H,21,23). The summed E-state index contributed by atoms with van der Waals surface area (Å²) >= 11 is 6.31. The molecule has 2 aromatic heterocycles. The van der Waals surface area contributed by atoms with Gasteiger partial charge in [-0.15, -0.1) is 0 Å². The zero-order valence-corrected chi connectivity index (χ0v) is 15.5. The molecule has 1 aliphatic heterocycles. The Morgan fingerprint density at radius 3 is 2.92 bits per heavy atom. The highest BCUT2D eigenvalue weighted by molar-refractivity contribution is 6.30. The Balaban J connectivity index is 1.67. The SMILES string of the molecule is CCCCc1nc(Cl)c(CN2CCc3nc(C(C)C)ncc3C2)[nH]1. The lowest BCUT2D eigenvalue weighted by atomic mass is 10.1. The van der Waals surface area contributed by atoms with E-state index in [2.05, 4.69) is 40.6 Å². The van der Waals surface area contributed by atoms with E-state index in [9.17, 15) is 0 Å². The molecular weight excluding hydrogens is 322 g/mol. The van der Waals surface area contributed by atoms with Gasteiger partial charge in [-0.25, -0.2) is 15.0 Å². The second-order valence-electron chi connectivity index (χ2n) is 6.87. The summed E-state index contributed by atoms with van der Waals surface area (Å²) in [4.78, 5) is 19.5. The molecule has 2 aromatic rings. The predicted octanol–water partition coefficient (Wildman–Crippen LogP) is 3.88. The summed E-state index contributed by atoms with van der Waals surface area (Å²) in [6, 6.07) is 0. The van der Waals surface area contributed by atoms with E-state index in [1.165, 1.54) is 11.3 Å². The summed E-state index contributed by atoms with van der Waals surface area (Å²) in [5, 5.41) is 0.610. The molecular formula is C18H26ClN5. The summed E-state index contributed by atoms with van der Waals surface area (Å²) in [5.74, 6) is 2.32. The van der Waals surface area contributed by atoms with Gasteiger partial charge in [-0.2, -0.15) is 0 Å². The summed E-state index contributed by atoms with van der Waals surface area (Å²) in [6.45, 7) is 9.10. The molecule has 0 aromatic carbocycles. The Morgan fingerprint density at radius 1 is 1.33 bits per heavy atom. The van der Waals surface area contributed by atoms with E-state index in [0.717, 1.165) is 62.7 Å². The summed E-state index contributed by atoms with van der Waals surface area (Å²) in [6.07, 6.45) is 6.22. The van der Waals surface area contributed by atoms with Crippen molar-refractivity contribution in [3.8, 4) is 0 Å². The zero-order valence-electron chi connectivity index (χ0n) is 14.8. The topological polar surface area (TPSA) is 57.7 Å². The molecule has 0 fully saturated rings. The average Bonchev–Trinajstić information content (AvgIpc) is 2.92. The van der Waals surface area contributed by atoms with E-state index in [-0.39, 0.29) is 0 Å². The molecule has 0 aliphatic carbocycles. The van der Waals surface area contributed by atoms with Gasteiger partial charge in [0.05, 0.1) is 5.69 Å². The van der Waals surface area contributed by atoms with Crippen molar-refractivity contribution in [3.05, 3.63) is 40.0 Å². The first-order valence-corrected chi connectivity index (χ1v) is 9.25. The minimum Gasteiger partial charge on any atom is -0.344 e. The van der Waals surface area contributed by atoms with Gasteiger partial charge in [0.2, 0.25) is 0 Å². The molecule has 0 amide bonds. The van der Waals surface area contributed by atoms with Crippen molar-refractivity contribution in [3.63, 3.8) is 0 Å². The van der Waals surface area contributed by atoms with E-state index in [4.69, 9.17) is 16.6 Å². The molecule has 0 saturated carbocycles. The maximum absolute atomic E-state index is 6.31. The lowest BCUT2D eigenvalue weighted by Gasteiger charge is -2.27. The first kappa shape index (κ1) is 17.4. The van der Waals surface area contributed by atoms with Crippen LogP contribution in [0.3, 0.4) is 0 Å². The van der Waals surface area contributed by atoms with Gasteiger partial charge in [0.25, 0.3) is 0 Å². The highest BCUT2D eigenvalue weighted by Gasteiger charge is 2.21. The van der Waals surface area contributed by atoms with Gasteiger partial charge in [0.1, 0.15) is 11.6 Å². The molecule has 0 atom stereocenters. The second kappa shape index (κ2) is 7.62. The number of hydrogen-bond donors (Lipinski definition) is 1. The molecule has 0 saturated heterocycles. The Bertz CT molecular complexity index is 695. The minimum atomic E-state index is 0.374. The molecule has 130 valence electrons. The third kappa shape index (κ3) is 3.95. The number of halogens is 1. The van der Waals surface area contributed by atoms with Crippen LogP contribution in [-0.2, 0) is 25.9 Å². The first-order valence-electron chi connectivity index (χ1n) is 8.87. The highest BCUT2D eigenvalue weighted by atomic mass is 35.5. The van der Waals surface area contributed by atoms with Crippen LogP contribution in [-0.4, -0.2) is 31.4 Å². The number of H-pyrrole nitrogens is 1. The fraction of sp³-hybridized carbons (Fsp3) is 0.611. The number of nitrogens with one attached hydrogen (secondary N) is 1. The highest BCUT2D eigenvalue weighted by Crippen LogP contribution is 2.22. The minimum absolute atomic E-state index is 0.374. The summed E-state index contributed by atoms with van der Waals surface area (Å²) < 4.78 is 0. The van der Waals surface area contributed by atoms with Crippen LogP contribution in [0.4, 0.5) is 0 Å². The van der Waals surface area contributed by atoms with E-state index in [0.29, 0.717) is 11.1 Å². The largest absolute Gasteiger partial charge is 0.344 e. The number of aromatic amines is 1. The van der Waals surface area contributed by atoms with Crippen LogP contribution in [0.15, 0.2) is 6.20 Å². The van der Waals surface area contributed by atoms with Crippen LogP contribution in [0.5, 0.6) is 0 Å². The molecule has 0 bridgehead atoms. The number of fused-ring (bicyclic) bond motifs is 1. The Hall–Kier alpha value is -1.46. The molecule has 6 heteroatoms. The van der Waals surface area contributed by atoms with Crippen LogP contribution in [0, 0.1) is 0 Å². The van der Waals surface area contributed by atoms with Gasteiger partial charge in [-0.1, -0.05) is 38.8 Å². The normalized spacial score (nSPS) is 15.0. The van der Waals surface area contributed by atoms with Crippen molar-refractivity contribution in [2.24, 2.45) is 0 Å². The average molecular weight is 348 g/mol. The Kier molecular flexibility index (Phi) is 5.51. The van der Waals surface area contributed by atoms with Crippen molar-refractivity contribution in [1.82, 2.24) is 24.8 Å². The molecule has 5 nitrogen and oxygen atoms in total. The maximum atomic E-state index is 6.31. The Morgan fingerprint density at radius 2 is 2.17 bits per heavy atom. The smallest absolute Gasteiger partial charge is 0.151 e. The molecule has 3 heterocycles. The van der Waals surface area contributed by atoms with Crippen LogP contribution in [0.25, 0.3) is 0 Å². The third-order valence-electron chi connectivity index (χ3n) is 4.47. The van der Waals surface area contributed by atoms with E-state index < -0.39 is 0 Å². The van der Waals surface area contributed by atoms with Gasteiger partial charge in [-0.3, -0.25) is 4.90 Å². The molecule has 0 spiro atoms. The zero-order chi connectivity index (χ0) is 17.1. The van der Waals surface area contributed by atoms with Gasteiger partial charge < -0.3 is 4.98 Å². The molecule has 1 aliphatic rings. The predicted molar refractivity (Wildman–Crippen MR) is 96.1 cm³/mol. The van der Waals surface area contributed by atoms with Gasteiger partial charge in [-0.05, 0) is 6.42 Å². The quantitative estimate of drug-likeness (QED) is 0.861.